The quantitative estimate of drug-likeness (QED) is 0.548. The average molecular weight is 470 g/mol. The molecule has 0 spiro atoms. The summed E-state index contributed by atoms with van der Waals surface area (Å²) in [5.41, 5.74) is 4.73. The highest BCUT2D eigenvalue weighted by atomic mass is 19.4. The Hall–Kier alpha value is -3.79. The van der Waals surface area contributed by atoms with Crippen LogP contribution in [0.2, 0.25) is 0 Å². The molecule has 1 amide bonds. The topological polar surface area (TPSA) is 77.4 Å². The second-order valence-corrected chi connectivity index (χ2v) is 8.10. The SMILES string of the molecule is COc1ccccc1C1=CC(C(=O)Nc2ccc(-n3nc(C(F)(F)F)cc3C3CC3)cc2)ON1. The number of para-hydroxylation sites is 1. The van der Waals surface area contributed by atoms with E-state index in [1.165, 1.54) is 4.68 Å². The molecular formula is C24H21F3N4O3. The molecule has 2 aliphatic rings. The van der Waals surface area contributed by atoms with Crippen LogP contribution in [0.4, 0.5) is 18.9 Å². The molecule has 34 heavy (non-hydrogen) atoms. The summed E-state index contributed by atoms with van der Waals surface area (Å²) < 4.78 is 46.2. The Balaban J connectivity index is 1.30. The van der Waals surface area contributed by atoms with Gasteiger partial charge in [-0.2, -0.15) is 18.3 Å². The number of benzene rings is 2. The highest BCUT2D eigenvalue weighted by molar-refractivity contribution is 5.97. The number of ether oxygens (including phenoxy) is 1. The fourth-order valence-corrected chi connectivity index (χ4v) is 3.80. The minimum Gasteiger partial charge on any atom is -0.496 e. The van der Waals surface area contributed by atoms with E-state index >= 15 is 0 Å². The number of hydroxylamine groups is 1. The van der Waals surface area contributed by atoms with Gasteiger partial charge in [-0.25, -0.2) is 4.68 Å². The van der Waals surface area contributed by atoms with Gasteiger partial charge in [0.25, 0.3) is 5.91 Å². The van der Waals surface area contributed by atoms with Crippen LogP contribution in [0.25, 0.3) is 11.4 Å². The fraction of sp³-hybridized carbons (Fsp3) is 0.250. The summed E-state index contributed by atoms with van der Waals surface area (Å²) >= 11 is 0. The van der Waals surface area contributed by atoms with Crippen LogP contribution in [0.3, 0.4) is 0 Å². The van der Waals surface area contributed by atoms with Gasteiger partial charge in [0, 0.05) is 22.9 Å². The van der Waals surface area contributed by atoms with Gasteiger partial charge in [0.05, 0.1) is 18.5 Å². The maximum absolute atomic E-state index is 13.2. The number of nitrogens with one attached hydrogen (secondary N) is 2. The fourth-order valence-electron chi connectivity index (χ4n) is 3.80. The van der Waals surface area contributed by atoms with Crippen molar-refractivity contribution in [2.75, 3.05) is 12.4 Å². The summed E-state index contributed by atoms with van der Waals surface area (Å²) in [6, 6.07) is 14.9. The summed E-state index contributed by atoms with van der Waals surface area (Å²) in [4.78, 5) is 18.1. The second kappa shape index (κ2) is 8.53. The van der Waals surface area contributed by atoms with E-state index in [-0.39, 0.29) is 5.92 Å². The molecule has 7 nitrogen and oxygen atoms in total. The molecule has 2 heterocycles. The van der Waals surface area contributed by atoms with Crippen molar-refractivity contribution < 1.29 is 27.5 Å². The van der Waals surface area contributed by atoms with Gasteiger partial charge < -0.3 is 10.1 Å². The lowest BCUT2D eigenvalue weighted by Crippen LogP contribution is -2.28. The van der Waals surface area contributed by atoms with Crippen molar-refractivity contribution in [1.82, 2.24) is 15.3 Å². The molecule has 176 valence electrons. The Morgan fingerprint density at radius 2 is 1.91 bits per heavy atom. The zero-order chi connectivity index (χ0) is 23.9. The first-order valence-electron chi connectivity index (χ1n) is 10.7. The highest BCUT2D eigenvalue weighted by Crippen LogP contribution is 2.43. The highest BCUT2D eigenvalue weighted by Gasteiger charge is 2.38. The molecule has 1 aromatic heterocycles. The van der Waals surface area contributed by atoms with Crippen molar-refractivity contribution in [2.24, 2.45) is 0 Å². The van der Waals surface area contributed by atoms with Crippen LogP contribution in [0.5, 0.6) is 5.75 Å². The summed E-state index contributed by atoms with van der Waals surface area (Å²) in [5.74, 6) is 0.320. The number of anilines is 1. The first kappa shape index (κ1) is 22.0. The molecule has 1 aliphatic heterocycles. The number of alkyl halides is 3. The third-order valence-corrected chi connectivity index (χ3v) is 5.67. The van der Waals surface area contributed by atoms with Crippen molar-refractivity contribution in [2.45, 2.75) is 31.0 Å². The molecule has 0 bridgehead atoms. The van der Waals surface area contributed by atoms with Crippen molar-refractivity contribution >= 4 is 17.3 Å². The molecule has 0 saturated heterocycles. The van der Waals surface area contributed by atoms with Gasteiger partial charge in [0.15, 0.2) is 11.8 Å². The summed E-state index contributed by atoms with van der Waals surface area (Å²) in [6.45, 7) is 0. The van der Waals surface area contributed by atoms with E-state index in [1.807, 2.05) is 18.2 Å². The molecular weight excluding hydrogens is 449 g/mol. The van der Waals surface area contributed by atoms with E-state index in [4.69, 9.17) is 9.57 Å². The molecule has 2 aromatic carbocycles. The number of carbonyl (C=O) groups is 1. The number of rotatable bonds is 6. The Kier molecular flexibility index (Phi) is 5.52. The van der Waals surface area contributed by atoms with Crippen LogP contribution in [-0.2, 0) is 15.8 Å². The molecule has 2 N–H and O–H groups in total. The van der Waals surface area contributed by atoms with E-state index < -0.39 is 23.9 Å². The van der Waals surface area contributed by atoms with Gasteiger partial charge in [-0.15, -0.1) is 0 Å². The Morgan fingerprint density at radius 1 is 1.18 bits per heavy atom. The van der Waals surface area contributed by atoms with Gasteiger partial charge in [-0.05, 0) is 61.4 Å². The predicted molar refractivity (Wildman–Crippen MR) is 118 cm³/mol. The Labute approximate surface area is 193 Å². The predicted octanol–water partition coefficient (Wildman–Crippen LogP) is 4.66. The first-order chi connectivity index (χ1) is 16.3. The van der Waals surface area contributed by atoms with E-state index in [2.05, 4.69) is 15.9 Å². The summed E-state index contributed by atoms with van der Waals surface area (Å²) in [7, 11) is 1.56. The van der Waals surface area contributed by atoms with Crippen molar-refractivity contribution in [3.8, 4) is 11.4 Å². The van der Waals surface area contributed by atoms with E-state index in [0.717, 1.165) is 24.5 Å². The van der Waals surface area contributed by atoms with E-state index in [1.54, 1.807) is 43.5 Å². The van der Waals surface area contributed by atoms with Crippen molar-refractivity contribution in [1.29, 1.82) is 0 Å². The van der Waals surface area contributed by atoms with Gasteiger partial charge in [-0.1, -0.05) is 12.1 Å². The van der Waals surface area contributed by atoms with Crippen LogP contribution in [-0.4, -0.2) is 28.9 Å². The maximum Gasteiger partial charge on any atom is 0.435 e. The van der Waals surface area contributed by atoms with Crippen LogP contribution < -0.4 is 15.5 Å². The zero-order valence-electron chi connectivity index (χ0n) is 18.1. The molecule has 1 saturated carbocycles. The van der Waals surface area contributed by atoms with Gasteiger partial charge in [-0.3, -0.25) is 15.1 Å². The van der Waals surface area contributed by atoms with Crippen LogP contribution in [0.15, 0.2) is 60.7 Å². The Bertz CT molecular complexity index is 1250. The number of aromatic nitrogens is 2. The lowest BCUT2D eigenvalue weighted by molar-refractivity contribution is -0.141. The number of nitrogens with zero attached hydrogens (tertiary/aromatic N) is 2. The van der Waals surface area contributed by atoms with Crippen LogP contribution >= 0.6 is 0 Å². The largest absolute Gasteiger partial charge is 0.496 e. The minimum absolute atomic E-state index is 0.0826. The molecule has 1 aliphatic carbocycles. The van der Waals surface area contributed by atoms with Crippen molar-refractivity contribution in [3.63, 3.8) is 0 Å². The lowest BCUT2D eigenvalue weighted by Gasteiger charge is -2.11. The number of methoxy groups -OCH3 is 1. The first-order valence-corrected chi connectivity index (χ1v) is 10.7. The van der Waals surface area contributed by atoms with Crippen molar-refractivity contribution in [3.05, 3.63) is 77.6 Å². The molecule has 10 heteroatoms. The molecule has 1 atom stereocenters. The molecule has 0 radical (unpaired) electrons. The smallest absolute Gasteiger partial charge is 0.435 e. The third kappa shape index (κ3) is 4.36. The summed E-state index contributed by atoms with van der Waals surface area (Å²) in [5, 5.41) is 6.53. The molecule has 1 fully saturated rings. The Morgan fingerprint density at radius 3 is 2.59 bits per heavy atom. The van der Waals surface area contributed by atoms with E-state index in [9.17, 15) is 18.0 Å². The standard InChI is InChI=1S/C24H21F3N4O3/c1-33-20-5-3-2-4-17(20)18-12-21(34-30-18)23(32)28-15-8-10-16(11-9-15)31-19(14-6-7-14)13-22(29-31)24(25,26)27/h2-5,8-14,21,30H,6-7H2,1H3,(H,28,32). The lowest BCUT2D eigenvalue weighted by atomic mass is 10.1. The zero-order valence-corrected chi connectivity index (χ0v) is 18.1. The van der Waals surface area contributed by atoms with Gasteiger partial charge >= 0.3 is 6.18 Å². The average Bonchev–Trinajstić information content (AvgIpc) is 3.36. The normalized spacial score (nSPS) is 17.8. The number of halogens is 3. The summed E-state index contributed by atoms with van der Waals surface area (Å²) in [6.07, 6.45) is -2.05. The van der Waals surface area contributed by atoms with E-state index in [0.29, 0.717) is 28.5 Å². The molecule has 3 aromatic rings. The number of hydrogen-bond donors (Lipinski definition) is 2. The second-order valence-electron chi connectivity index (χ2n) is 8.10. The monoisotopic (exact) mass is 470 g/mol. The van der Waals surface area contributed by atoms with Gasteiger partial charge in [0.1, 0.15) is 5.75 Å². The van der Waals surface area contributed by atoms with Crippen LogP contribution in [0.1, 0.15) is 35.7 Å². The maximum atomic E-state index is 13.2. The van der Waals surface area contributed by atoms with Crippen LogP contribution in [0, 0.1) is 0 Å². The number of hydrogen-bond acceptors (Lipinski definition) is 5. The minimum atomic E-state index is -4.51. The molecule has 1 unspecified atom stereocenters. The van der Waals surface area contributed by atoms with Gasteiger partial charge in [0.2, 0.25) is 0 Å². The third-order valence-electron chi connectivity index (χ3n) is 5.67. The molecule has 5 rings (SSSR count). The number of carbonyl (C=O) groups excluding carboxylic acids is 1. The number of amides is 1.